The van der Waals surface area contributed by atoms with Gasteiger partial charge in [0.25, 0.3) is 0 Å². The van der Waals surface area contributed by atoms with Gasteiger partial charge in [-0.25, -0.2) is 0 Å². The van der Waals surface area contributed by atoms with Gasteiger partial charge in [0.2, 0.25) is 0 Å². The zero-order valence-corrected chi connectivity index (χ0v) is 7.91. The molecule has 68 valence electrons. The van der Waals surface area contributed by atoms with Crippen LogP contribution in [-0.4, -0.2) is 9.97 Å². The molecule has 0 radical (unpaired) electrons. The second kappa shape index (κ2) is 6.26. The van der Waals surface area contributed by atoms with E-state index in [4.69, 9.17) is 11.6 Å². The number of rotatable bonds is 1. The summed E-state index contributed by atoms with van der Waals surface area (Å²) in [7, 11) is 0. The van der Waals surface area contributed by atoms with Crippen molar-refractivity contribution in [3.05, 3.63) is 54.6 Å². The molecule has 0 aliphatic rings. The molecule has 2 heterocycles. The number of aromatic nitrogens is 2. The lowest BCUT2D eigenvalue weighted by molar-refractivity contribution is 1.23. The minimum Gasteiger partial charge on any atom is -0.364 e. The Balaban J connectivity index is 0.000000132. The SMILES string of the molecule is ClCc1ccc[nH]1.c1ccncc1. The molecule has 2 aromatic heterocycles. The molecule has 0 saturated heterocycles. The van der Waals surface area contributed by atoms with Crippen LogP contribution in [0.1, 0.15) is 5.69 Å². The van der Waals surface area contributed by atoms with E-state index in [9.17, 15) is 0 Å². The Labute approximate surface area is 82.6 Å². The number of hydrogen-bond donors (Lipinski definition) is 1. The summed E-state index contributed by atoms with van der Waals surface area (Å²) in [6, 6.07) is 9.59. The van der Waals surface area contributed by atoms with Crippen molar-refractivity contribution in [1.29, 1.82) is 0 Å². The van der Waals surface area contributed by atoms with Gasteiger partial charge in [-0.15, -0.1) is 11.6 Å². The molecule has 0 bridgehead atoms. The van der Waals surface area contributed by atoms with Gasteiger partial charge in [0.05, 0.1) is 5.88 Å². The maximum Gasteiger partial charge on any atom is 0.0625 e. The van der Waals surface area contributed by atoms with E-state index >= 15 is 0 Å². The molecule has 13 heavy (non-hydrogen) atoms. The van der Waals surface area contributed by atoms with Gasteiger partial charge in [0.1, 0.15) is 0 Å². The fraction of sp³-hybridized carbons (Fsp3) is 0.100. The first-order valence-corrected chi connectivity index (χ1v) is 4.50. The van der Waals surface area contributed by atoms with Gasteiger partial charge in [-0.05, 0) is 24.3 Å². The zero-order chi connectivity index (χ0) is 9.36. The molecule has 0 unspecified atom stereocenters. The van der Waals surface area contributed by atoms with Gasteiger partial charge in [-0.2, -0.15) is 0 Å². The Kier molecular flexibility index (Phi) is 4.72. The third-order valence-corrected chi connectivity index (χ3v) is 1.66. The number of pyridine rings is 1. The van der Waals surface area contributed by atoms with Gasteiger partial charge in [0, 0.05) is 24.3 Å². The molecule has 1 N–H and O–H groups in total. The normalized spacial score (nSPS) is 8.69. The summed E-state index contributed by atoms with van der Waals surface area (Å²) in [6.45, 7) is 0. The lowest BCUT2D eigenvalue weighted by Crippen LogP contribution is -1.70. The average Bonchev–Trinajstić information content (AvgIpc) is 2.74. The summed E-state index contributed by atoms with van der Waals surface area (Å²) in [4.78, 5) is 6.74. The highest BCUT2D eigenvalue weighted by atomic mass is 35.5. The van der Waals surface area contributed by atoms with Gasteiger partial charge < -0.3 is 4.98 Å². The zero-order valence-electron chi connectivity index (χ0n) is 7.15. The van der Waals surface area contributed by atoms with Crippen molar-refractivity contribution in [2.75, 3.05) is 0 Å². The van der Waals surface area contributed by atoms with Crippen LogP contribution in [0.25, 0.3) is 0 Å². The van der Waals surface area contributed by atoms with Crippen LogP contribution in [0.3, 0.4) is 0 Å². The quantitative estimate of drug-likeness (QED) is 0.695. The number of nitrogens with one attached hydrogen (secondary N) is 1. The third-order valence-electron chi connectivity index (χ3n) is 1.37. The summed E-state index contributed by atoms with van der Waals surface area (Å²) < 4.78 is 0. The Morgan fingerprint density at radius 2 is 1.92 bits per heavy atom. The Bertz CT molecular complexity index is 265. The first-order chi connectivity index (χ1) is 6.43. The van der Waals surface area contributed by atoms with Gasteiger partial charge in [0.15, 0.2) is 0 Å². The van der Waals surface area contributed by atoms with E-state index in [1.165, 1.54) is 0 Å². The topological polar surface area (TPSA) is 28.7 Å². The second-order valence-corrected chi connectivity index (χ2v) is 2.62. The minimum atomic E-state index is 0.576. The van der Waals surface area contributed by atoms with Crippen molar-refractivity contribution in [1.82, 2.24) is 9.97 Å². The molecular formula is C10H11ClN2. The highest BCUT2D eigenvalue weighted by Gasteiger charge is 1.82. The molecule has 2 rings (SSSR count). The van der Waals surface area contributed by atoms with Gasteiger partial charge in [-0.1, -0.05) is 6.07 Å². The molecule has 0 aliphatic carbocycles. The molecule has 0 saturated carbocycles. The summed E-state index contributed by atoms with van der Waals surface area (Å²) in [6.07, 6.45) is 5.36. The van der Waals surface area contributed by atoms with Crippen LogP contribution in [0.15, 0.2) is 48.9 Å². The molecule has 2 aromatic rings. The van der Waals surface area contributed by atoms with Crippen LogP contribution in [-0.2, 0) is 5.88 Å². The van der Waals surface area contributed by atoms with Crippen LogP contribution in [0.5, 0.6) is 0 Å². The largest absolute Gasteiger partial charge is 0.364 e. The Hall–Kier alpha value is -1.28. The van der Waals surface area contributed by atoms with Crippen molar-refractivity contribution in [3.8, 4) is 0 Å². The lowest BCUT2D eigenvalue weighted by atomic mass is 10.5. The monoisotopic (exact) mass is 194 g/mol. The highest BCUT2D eigenvalue weighted by molar-refractivity contribution is 6.16. The molecule has 2 nitrogen and oxygen atoms in total. The van der Waals surface area contributed by atoms with Crippen LogP contribution < -0.4 is 0 Å². The number of aromatic amines is 1. The molecular weight excluding hydrogens is 184 g/mol. The number of halogens is 1. The second-order valence-electron chi connectivity index (χ2n) is 2.35. The van der Waals surface area contributed by atoms with Crippen molar-refractivity contribution in [2.24, 2.45) is 0 Å². The van der Waals surface area contributed by atoms with E-state index in [1.807, 2.05) is 36.5 Å². The van der Waals surface area contributed by atoms with E-state index in [0.29, 0.717) is 5.88 Å². The van der Waals surface area contributed by atoms with E-state index in [0.717, 1.165) is 5.69 Å². The van der Waals surface area contributed by atoms with Crippen molar-refractivity contribution >= 4 is 11.6 Å². The number of H-pyrrole nitrogens is 1. The van der Waals surface area contributed by atoms with Gasteiger partial charge >= 0.3 is 0 Å². The number of hydrogen-bond acceptors (Lipinski definition) is 1. The smallest absolute Gasteiger partial charge is 0.0625 e. The predicted octanol–water partition coefficient (Wildman–Crippen LogP) is 2.84. The van der Waals surface area contributed by atoms with Crippen LogP contribution in [0.2, 0.25) is 0 Å². The Morgan fingerprint density at radius 1 is 1.15 bits per heavy atom. The van der Waals surface area contributed by atoms with Gasteiger partial charge in [-0.3, -0.25) is 4.98 Å². The number of nitrogens with zero attached hydrogens (tertiary/aromatic N) is 1. The van der Waals surface area contributed by atoms with Crippen LogP contribution in [0.4, 0.5) is 0 Å². The van der Waals surface area contributed by atoms with E-state index < -0.39 is 0 Å². The van der Waals surface area contributed by atoms with Crippen molar-refractivity contribution < 1.29 is 0 Å². The summed E-state index contributed by atoms with van der Waals surface area (Å²) >= 11 is 5.44. The lowest BCUT2D eigenvalue weighted by Gasteiger charge is -1.79. The molecule has 0 spiro atoms. The first-order valence-electron chi connectivity index (χ1n) is 3.96. The number of alkyl halides is 1. The van der Waals surface area contributed by atoms with Crippen molar-refractivity contribution in [3.63, 3.8) is 0 Å². The Morgan fingerprint density at radius 3 is 2.15 bits per heavy atom. The minimum absolute atomic E-state index is 0.576. The maximum absolute atomic E-state index is 5.44. The van der Waals surface area contributed by atoms with E-state index in [-0.39, 0.29) is 0 Å². The first kappa shape index (κ1) is 9.81. The van der Waals surface area contributed by atoms with Crippen LogP contribution in [0, 0.1) is 0 Å². The summed E-state index contributed by atoms with van der Waals surface area (Å²) in [5.74, 6) is 0.576. The fourth-order valence-electron chi connectivity index (χ4n) is 0.763. The molecule has 0 aromatic carbocycles. The molecule has 3 heteroatoms. The van der Waals surface area contributed by atoms with E-state index in [1.54, 1.807) is 12.4 Å². The van der Waals surface area contributed by atoms with E-state index in [2.05, 4.69) is 9.97 Å². The fourth-order valence-corrected chi connectivity index (χ4v) is 0.929. The highest BCUT2D eigenvalue weighted by Crippen LogP contribution is 1.96. The van der Waals surface area contributed by atoms with Crippen molar-refractivity contribution in [2.45, 2.75) is 5.88 Å². The predicted molar refractivity (Wildman–Crippen MR) is 54.6 cm³/mol. The molecule has 0 atom stereocenters. The standard InChI is InChI=1S/C5H6ClN.C5H5N/c6-4-5-2-1-3-7-5;1-2-4-6-5-3-1/h1-3,7H,4H2;1-5H. The maximum atomic E-state index is 5.44. The summed E-state index contributed by atoms with van der Waals surface area (Å²) in [5, 5.41) is 0. The summed E-state index contributed by atoms with van der Waals surface area (Å²) in [5.41, 5.74) is 1.07. The molecule has 0 amide bonds. The average molecular weight is 195 g/mol. The molecule has 0 fully saturated rings. The van der Waals surface area contributed by atoms with Crippen LogP contribution >= 0.6 is 11.6 Å². The third kappa shape index (κ3) is 4.33. The molecule has 0 aliphatic heterocycles.